The third-order valence-electron chi connectivity index (χ3n) is 4.73. The van der Waals surface area contributed by atoms with Gasteiger partial charge in [0.2, 0.25) is 0 Å². The van der Waals surface area contributed by atoms with Crippen LogP contribution in [0.3, 0.4) is 0 Å². The Bertz CT molecular complexity index is 828. The van der Waals surface area contributed by atoms with Gasteiger partial charge in [-0.1, -0.05) is 0 Å². The molecule has 4 rings (SSSR count). The summed E-state index contributed by atoms with van der Waals surface area (Å²) in [6.07, 6.45) is 8.14. The molecular weight excluding hydrogens is 318 g/mol. The van der Waals surface area contributed by atoms with Crippen molar-refractivity contribution in [3.05, 3.63) is 48.7 Å². The molecule has 0 spiro atoms. The molecule has 1 saturated heterocycles. The normalized spacial score (nSPS) is 21.0. The highest BCUT2D eigenvalue weighted by Gasteiger charge is 2.35. The number of nitrogens with one attached hydrogen (secondary N) is 1. The summed E-state index contributed by atoms with van der Waals surface area (Å²) in [4.78, 5) is 18.9. The number of likely N-dealkylation sites (tertiary alicyclic amines) is 1. The minimum atomic E-state index is 0.159. The monoisotopic (exact) mass is 339 g/mol. The molecule has 2 atom stereocenters. The van der Waals surface area contributed by atoms with Crippen molar-refractivity contribution >= 4 is 0 Å². The van der Waals surface area contributed by atoms with Crippen molar-refractivity contribution in [3.8, 4) is 11.3 Å². The van der Waals surface area contributed by atoms with Crippen LogP contribution in [0, 0.1) is 0 Å². The Balaban J connectivity index is 1.58. The van der Waals surface area contributed by atoms with E-state index in [4.69, 9.17) is 4.74 Å². The van der Waals surface area contributed by atoms with E-state index in [0.29, 0.717) is 6.54 Å². The van der Waals surface area contributed by atoms with E-state index in [1.165, 1.54) is 0 Å². The van der Waals surface area contributed by atoms with E-state index < -0.39 is 0 Å². The van der Waals surface area contributed by atoms with E-state index in [2.05, 4.69) is 29.9 Å². The van der Waals surface area contributed by atoms with Gasteiger partial charge in [0.25, 0.3) is 0 Å². The van der Waals surface area contributed by atoms with Crippen LogP contribution in [0.4, 0.5) is 0 Å². The van der Waals surface area contributed by atoms with Crippen molar-refractivity contribution in [1.29, 1.82) is 0 Å². The molecule has 8 nitrogen and oxygen atoms in total. The highest BCUT2D eigenvalue weighted by atomic mass is 16.5. The molecule has 8 heteroatoms. The van der Waals surface area contributed by atoms with Gasteiger partial charge < -0.3 is 9.72 Å². The highest BCUT2D eigenvalue weighted by Crippen LogP contribution is 2.33. The summed E-state index contributed by atoms with van der Waals surface area (Å²) in [5.41, 5.74) is 2.00. The van der Waals surface area contributed by atoms with Gasteiger partial charge in [-0.25, -0.2) is 9.97 Å². The third-order valence-corrected chi connectivity index (χ3v) is 4.73. The van der Waals surface area contributed by atoms with Crippen LogP contribution in [0.15, 0.2) is 37.1 Å². The van der Waals surface area contributed by atoms with Crippen LogP contribution in [0.25, 0.3) is 11.3 Å². The Hall–Kier alpha value is -2.58. The van der Waals surface area contributed by atoms with Gasteiger partial charge in [0, 0.05) is 38.7 Å². The van der Waals surface area contributed by atoms with Gasteiger partial charge in [-0.2, -0.15) is 5.10 Å². The van der Waals surface area contributed by atoms with Gasteiger partial charge in [0.05, 0.1) is 30.6 Å². The van der Waals surface area contributed by atoms with Crippen molar-refractivity contribution in [2.24, 2.45) is 7.05 Å². The van der Waals surface area contributed by atoms with Crippen molar-refractivity contribution in [3.63, 3.8) is 0 Å². The zero-order valence-electron chi connectivity index (χ0n) is 14.3. The van der Waals surface area contributed by atoms with Crippen molar-refractivity contribution in [2.45, 2.75) is 25.1 Å². The molecule has 3 aromatic heterocycles. The van der Waals surface area contributed by atoms with Crippen LogP contribution in [0.2, 0.25) is 0 Å². The number of H-pyrrole nitrogens is 1. The molecule has 25 heavy (non-hydrogen) atoms. The summed E-state index contributed by atoms with van der Waals surface area (Å²) >= 11 is 0. The van der Waals surface area contributed by atoms with E-state index in [1.807, 2.05) is 31.6 Å². The smallest absolute Gasteiger partial charge is 0.140 e. The molecule has 0 amide bonds. The van der Waals surface area contributed by atoms with Gasteiger partial charge in [0.15, 0.2) is 0 Å². The van der Waals surface area contributed by atoms with Crippen molar-refractivity contribution in [1.82, 2.24) is 34.6 Å². The number of aromatic nitrogens is 6. The Labute approximate surface area is 145 Å². The van der Waals surface area contributed by atoms with Gasteiger partial charge in [-0.3, -0.25) is 14.6 Å². The lowest BCUT2D eigenvalue weighted by molar-refractivity contribution is 0.106. The number of hydrogen-bond acceptors (Lipinski definition) is 6. The fourth-order valence-electron chi connectivity index (χ4n) is 3.31. The van der Waals surface area contributed by atoms with E-state index in [0.717, 1.165) is 35.9 Å². The average Bonchev–Trinajstić information content (AvgIpc) is 3.36. The molecule has 130 valence electrons. The predicted octanol–water partition coefficient (Wildman–Crippen LogP) is 1.56. The number of methoxy groups -OCH3 is 1. The van der Waals surface area contributed by atoms with E-state index in [9.17, 15) is 0 Å². The predicted molar refractivity (Wildman–Crippen MR) is 91.4 cm³/mol. The van der Waals surface area contributed by atoms with E-state index in [-0.39, 0.29) is 12.1 Å². The second-order valence-electron chi connectivity index (χ2n) is 6.26. The van der Waals surface area contributed by atoms with Gasteiger partial charge >= 0.3 is 0 Å². The average molecular weight is 339 g/mol. The minimum absolute atomic E-state index is 0.159. The lowest BCUT2D eigenvalue weighted by Crippen LogP contribution is -2.26. The largest absolute Gasteiger partial charge is 0.380 e. The number of pyridine rings is 1. The molecular formula is C17H21N7O. The molecule has 0 aromatic carbocycles. The maximum Gasteiger partial charge on any atom is 0.140 e. The van der Waals surface area contributed by atoms with Crippen LogP contribution in [-0.2, 0) is 18.3 Å². The molecule has 1 aliphatic heterocycles. The molecule has 0 radical (unpaired) electrons. The molecule has 0 saturated carbocycles. The molecule has 0 bridgehead atoms. The second kappa shape index (κ2) is 6.73. The Morgan fingerprint density at radius 2 is 2.24 bits per heavy atom. The maximum atomic E-state index is 5.60. The number of aryl methyl sites for hydroxylation is 1. The number of rotatable bonds is 5. The van der Waals surface area contributed by atoms with Crippen molar-refractivity contribution in [2.75, 3.05) is 13.7 Å². The summed E-state index contributed by atoms with van der Waals surface area (Å²) in [6, 6.07) is 4.10. The second-order valence-corrected chi connectivity index (χ2v) is 6.26. The first-order valence-electron chi connectivity index (χ1n) is 8.29. The van der Waals surface area contributed by atoms with Crippen molar-refractivity contribution < 1.29 is 4.74 Å². The van der Waals surface area contributed by atoms with Gasteiger partial charge in [-0.15, -0.1) is 0 Å². The fourth-order valence-corrected chi connectivity index (χ4v) is 3.31. The molecule has 1 N–H and O–H groups in total. The first-order valence-corrected chi connectivity index (χ1v) is 8.29. The fraction of sp³-hybridized carbons (Fsp3) is 0.412. The van der Waals surface area contributed by atoms with Crippen LogP contribution in [0.1, 0.15) is 24.1 Å². The van der Waals surface area contributed by atoms with Crippen LogP contribution in [0.5, 0.6) is 0 Å². The SMILES string of the molecule is CO[C@@H]1C[C@@H](c2ncc(-c3cccnc3)[nH]2)N(Cc2ncnn2C)C1. The first-order chi connectivity index (χ1) is 12.2. The zero-order chi connectivity index (χ0) is 17.2. The molecule has 1 fully saturated rings. The number of nitrogens with zero attached hydrogens (tertiary/aromatic N) is 6. The number of imidazole rings is 1. The summed E-state index contributed by atoms with van der Waals surface area (Å²) in [5, 5.41) is 4.16. The number of hydrogen-bond donors (Lipinski definition) is 1. The molecule has 4 heterocycles. The Morgan fingerprint density at radius 1 is 1.32 bits per heavy atom. The quantitative estimate of drug-likeness (QED) is 0.759. The van der Waals surface area contributed by atoms with E-state index >= 15 is 0 Å². The Kier molecular flexibility index (Phi) is 4.29. The minimum Gasteiger partial charge on any atom is -0.380 e. The summed E-state index contributed by atoms with van der Waals surface area (Å²) < 4.78 is 7.40. The first kappa shape index (κ1) is 15.9. The van der Waals surface area contributed by atoms with Gasteiger partial charge in [-0.05, 0) is 18.6 Å². The zero-order valence-corrected chi connectivity index (χ0v) is 14.3. The topological polar surface area (TPSA) is 84.8 Å². The van der Waals surface area contributed by atoms with Crippen LogP contribution < -0.4 is 0 Å². The van der Waals surface area contributed by atoms with Crippen LogP contribution in [-0.4, -0.2) is 54.4 Å². The molecule has 1 aliphatic rings. The maximum absolute atomic E-state index is 5.60. The lowest BCUT2D eigenvalue weighted by Gasteiger charge is -2.21. The molecule has 3 aromatic rings. The highest BCUT2D eigenvalue weighted by molar-refractivity contribution is 5.56. The Morgan fingerprint density at radius 3 is 2.96 bits per heavy atom. The van der Waals surface area contributed by atoms with Crippen LogP contribution >= 0.6 is 0 Å². The molecule has 0 aliphatic carbocycles. The van der Waals surface area contributed by atoms with E-state index in [1.54, 1.807) is 24.3 Å². The summed E-state index contributed by atoms with van der Waals surface area (Å²) in [6.45, 7) is 1.56. The summed E-state index contributed by atoms with van der Waals surface area (Å²) in [7, 11) is 3.67. The number of ether oxygens (including phenoxy) is 1. The lowest BCUT2D eigenvalue weighted by atomic mass is 10.2. The van der Waals surface area contributed by atoms with Gasteiger partial charge in [0.1, 0.15) is 18.0 Å². The molecule has 0 unspecified atom stereocenters. The summed E-state index contributed by atoms with van der Waals surface area (Å²) in [5.74, 6) is 1.88. The number of aromatic amines is 1. The third kappa shape index (κ3) is 3.18. The standard InChI is InChI=1S/C17H21N7O/c1-23-16(20-11-21-23)10-24-9-13(25-2)6-15(24)17-19-8-14(22-17)12-4-3-5-18-7-12/h3-5,7-8,11,13,15H,6,9-10H2,1-2H3,(H,19,22)/t13-,15+/m1/s1.